The summed E-state index contributed by atoms with van der Waals surface area (Å²) in [6, 6.07) is 2.56. The average molecular weight is 255 g/mol. The Morgan fingerprint density at radius 3 is 2.53 bits per heavy atom. The maximum atomic E-state index is 9.46. The molecule has 0 aliphatic rings. The molecule has 2 nitrogen and oxygen atoms in total. The standard InChI is InChI=1S/C14H25NOS/c1-10-6-7-17-13(10)12(3)15-9-14(4,5)8-11(2)16/h6-7,11-12,15-16H,8-9H2,1-5H3. The molecule has 1 rings (SSSR count). The molecule has 3 heteroatoms. The van der Waals surface area contributed by atoms with E-state index < -0.39 is 0 Å². The Morgan fingerprint density at radius 2 is 2.06 bits per heavy atom. The molecule has 0 saturated carbocycles. The van der Waals surface area contributed by atoms with Gasteiger partial charge in [-0.2, -0.15) is 0 Å². The van der Waals surface area contributed by atoms with Crippen LogP contribution in [0.25, 0.3) is 0 Å². The first kappa shape index (κ1) is 14.7. The molecule has 0 saturated heterocycles. The van der Waals surface area contributed by atoms with Crippen molar-refractivity contribution >= 4 is 11.3 Å². The quantitative estimate of drug-likeness (QED) is 0.815. The topological polar surface area (TPSA) is 32.3 Å². The Morgan fingerprint density at radius 1 is 1.41 bits per heavy atom. The van der Waals surface area contributed by atoms with Gasteiger partial charge in [-0.1, -0.05) is 13.8 Å². The fourth-order valence-electron chi connectivity index (χ4n) is 2.22. The maximum absolute atomic E-state index is 9.46. The van der Waals surface area contributed by atoms with Crippen LogP contribution in [0.5, 0.6) is 0 Å². The zero-order valence-corrected chi connectivity index (χ0v) is 12.4. The molecule has 2 atom stereocenters. The zero-order chi connectivity index (χ0) is 13.1. The van der Waals surface area contributed by atoms with Crippen LogP contribution < -0.4 is 5.32 Å². The monoisotopic (exact) mass is 255 g/mol. The first-order valence-electron chi connectivity index (χ1n) is 6.27. The average Bonchev–Trinajstić information content (AvgIpc) is 2.59. The third kappa shape index (κ3) is 4.78. The molecule has 0 aromatic carbocycles. The molecule has 2 N–H and O–H groups in total. The van der Waals surface area contributed by atoms with Crippen LogP contribution in [0.2, 0.25) is 0 Å². The lowest BCUT2D eigenvalue weighted by Crippen LogP contribution is -2.33. The number of hydrogen-bond acceptors (Lipinski definition) is 3. The van der Waals surface area contributed by atoms with E-state index >= 15 is 0 Å². The van der Waals surface area contributed by atoms with Crippen LogP contribution in [0.1, 0.15) is 50.6 Å². The second kappa shape index (κ2) is 5.98. The van der Waals surface area contributed by atoms with Crippen LogP contribution in [0, 0.1) is 12.3 Å². The predicted molar refractivity (Wildman–Crippen MR) is 75.6 cm³/mol. The second-order valence-electron chi connectivity index (χ2n) is 5.79. The van der Waals surface area contributed by atoms with Gasteiger partial charge in [0.2, 0.25) is 0 Å². The van der Waals surface area contributed by atoms with E-state index in [1.54, 1.807) is 0 Å². The van der Waals surface area contributed by atoms with Crippen molar-refractivity contribution in [2.45, 2.75) is 53.2 Å². The summed E-state index contributed by atoms with van der Waals surface area (Å²) in [6.45, 7) is 11.5. The van der Waals surface area contributed by atoms with Crippen LogP contribution >= 0.6 is 11.3 Å². The van der Waals surface area contributed by atoms with Crippen LogP contribution in [0.4, 0.5) is 0 Å². The fourth-order valence-corrected chi connectivity index (χ4v) is 3.18. The van der Waals surface area contributed by atoms with Gasteiger partial charge in [-0.25, -0.2) is 0 Å². The van der Waals surface area contributed by atoms with E-state index in [-0.39, 0.29) is 11.5 Å². The molecule has 0 radical (unpaired) electrons. The smallest absolute Gasteiger partial charge is 0.0517 e. The molecule has 1 aromatic rings. The van der Waals surface area contributed by atoms with E-state index in [2.05, 4.69) is 44.5 Å². The summed E-state index contributed by atoms with van der Waals surface area (Å²) < 4.78 is 0. The second-order valence-corrected chi connectivity index (χ2v) is 6.74. The van der Waals surface area contributed by atoms with Crippen molar-refractivity contribution in [2.75, 3.05) is 6.54 Å². The van der Waals surface area contributed by atoms with Crippen LogP contribution in [0.3, 0.4) is 0 Å². The molecule has 0 spiro atoms. The van der Waals surface area contributed by atoms with E-state index in [1.165, 1.54) is 10.4 Å². The summed E-state index contributed by atoms with van der Waals surface area (Å²) in [5.41, 5.74) is 1.50. The first-order chi connectivity index (χ1) is 7.82. The fraction of sp³-hybridized carbons (Fsp3) is 0.714. The van der Waals surface area contributed by atoms with Gasteiger partial charge in [0.25, 0.3) is 0 Å². The first-order valence-corrected chi connectivity index (χ1v) is 7.15. The van der Waals surface area contributed by atoms with Gasteiger partial charge >= 0.3 is 0 Å². The third-order valence-electron chi connectivity index (χ3n) is 3.03. The minimum atomic E-state index is -0.231. The Balaban J connectivity index is 2.48. The highest BCUT2D eigenvalue weighted by atomic mass is 32.1. The van der Waals surface area contributed by atoms with Crippen LogP contribution in [-0.4, -0.2) is 17.8 Å². The molecule has 0 amide bonds. The van der Waals surface area contributed by atoms with Crippen molar-refractivity contribution in [3.8, 4) is 0 Å². The molecule has 0 aliphatic heterocycles. The summed E-state index contributed by atoms with van der Waals surface area (Å²) in [4.78, 5) is 1.41. The van der Waals surface area contributed by atoms with E-state index in [9.17, 15) is 5.11 Å². The van der Waals surface area contributed by atoms with Crippen molar-refractivity contribution in [3.05, 3.63) is 21.9 Å². The molecule has 0 bridgehead atoms. The molecular formula is C14H25NOS. The van der Waals surface area contributed by atoms with Gasteiger partial charge in [-0.3, -0.25) is 0 Å². The summed E-state index contributed by atoms with van der Waals surface area (Å²) in [6.07, 6.45) is 0.599. The van der Waals surface area contributed by atoms with Crippen LogP contribution in [-0.2, 0) is 0 Å². The van der Waals surface area contributed by atoms with E-state index in [1.807, 2.05) is 18.3 Å². The molecule has 0 fully saturated rings. The van der Waals surface area contributed by atoms with E-state index in [4.69, 9.17) is 0 Å². The molecule has 1 heterocycles. The summed E-state index contributed by atoms with van der Waals surface area (Å²) in [5.74, 6) is 0. The lowest BCUT2D eigenvalue weighted by Gasteiger charge is -2.28. The zero-order valence-electron chi connectivity index (χ0n) is 11.6. The van der Waals surface area contributed by atoms with Gasteiger partial charge < -0.3 is 10.4 Å². The van der Waals surface area contributed by atoms with Crippen LogP contribution in [0.15, 0.2) is 11.4 Å². The predicted octanol–water partition coefficient (Wildman–Crippen LogP) is 3.50. The van der Waals surface area contributed by atoms with Gasteiger partial charge in [0.1, 0.15) is 0 Å². The number of thiophene rings is 1. The Kier molecular flexibility index (Phi) is 5.17. The van der Waals surface area contributed by atoms with Crippen molar-refractivity contribution in [1.82, 2.24) is 5.32 Å². The molecule has 0 aliphatic carbocycles. The van der Waals surface area contributed by atoms with Gasteiger partial charge in [-0.15, -0.1) is 11.3 Å². The lowest BCUT2D eigenvalue weighted by molar-refractivity contribution is 0.127. The minimum Gasteiger partial charge on any atom is -0.393 e. The molecule has 98 valence electrons. The van der Waals surface area contributed by atoms with Gasteiger partial charge in [0.05, 0.1) is 6.10 Å². The number of aliphatic hydroxyl groups excluding tert-OH is 1. The largest absolute Gasteiger partial charge is 0.393 e. The number of rotatable bonds is 6. The molecule has 1 aromatic heterocycles. The minimum absolute atomic E-state index is 0.133. The van der Waals surface area contributed by atoms with Crippen molar-refractivity contribution in [2.24, 2.45) is 5.41 Å². The summed E-state index contributed by atoms with van der Waals surface area (Å²) in [5, 5.41) is 15.2. The van der Waals surface area contributed by atoms with Crippen molar-refractivity contribution < 1.29 is 5.11 Å². The number of hydrogen-bond donors (Lipinski definition) is 2. The number of aliphatic hydroxyl groups is 1. The highest BCUT2D eigenvalue weighted by Gasteiger charge is 2.21. The summed E-state index contributed by atoms with van der Waals surface area (Å²) in [7, 11) is 0. The van der Waals surface area contributed by atoms with Crippen molar-refractivity contribution in [1.29, 1.82) is 0 Å². The number of aryl methyl sites for hydroxylation is 1. The summed E-state index contributed by atoms with van der Waals surface area (Å²) >= 11 is 1.81. The highest BCUT2D eigenvalue weighted by molar-refractivity contribution is 7.10. The normalized spacial score (nSPS) is 15.9. The lowest BCUT2D eigenvalue weighted by atomic mass is 9.86. The molecular weight excluding hydrogens is 230 g/mol. The third-order valence-corrected chi connectivity index (χ3v) is 4.23. The van der Waals surface area contributed by atoms with E-state index in [0.717, 1.165) is 13.0 Å². The Hall–Kier alpha value is -0.380. The Labute approximate surface area is 109 Å². The Bertz CT molecular complexity index is 344. The van der Waals surface area contributed by atoms with E-state index in [0.29, 0.717) is 6.04 Å². The number of nitrogens with one attached hydrogen (secondary N) is 1. The van der Waals surface area contributed by atoms with Gasteiger partial charge in [0.15, 0.2) is 0 Å². The highest BCUT2D eigenvalue weighted by Crippen LogP contribution is 2.26. The molecule has 2 unspecified atom stereocenters. The maximum Gasteiger partial charge on any atom is 0.0517 e. The molecule has 17 heavy (non-hydrogen) atoms. The van der Waals surface area contributed by atoms with Gasteiger partial charge in [0, 0.05) is 17.5 Å². The van der Waals surface area contributed by atoms with Crippen molar-refractivity contribution in [3.63, 3.8) is 0 Å². The SMILES string of the molecule is Cc1ccsc1C(C)NCC(C)(C)CC(C)O. The van der Waals surface area contributed by atoms with Gasteiger partial charge in [-0.05, 0) is 49.6 Å².